The Bertz CT molecular complexity index is 870. The predicted molar refractivity (Wildman–Crippen MR) is 94.5 cm³/mol. The van der Waals surface area contributed by atoms with E-state index in [-0.39, 0.29) is 31.5 Å². The monoisotopic (exact) mass is 371 g/mol. The van der Waals surface area contributed by atoms with Crippen molar-refractivity contribution in [3.8, 4) is 12.3 Å². The molecule has 0 aliphatic carbocycles. The van der Waals surface area contributed by atoms with E-state index in [4.69, 9.17) is 6.42 Å². The van der Waals surface area contributed by atoms with Crippen molar-refractivity contribution in [2.45, 2.75) is 31.5 Å². The lowest BCUT2D eigenvalue weighted by atomic mass is 9.95. The molecule has 27 heavy (non-hydrogen) atoms. The average molecular weight is 371 g/mol. The van der Waals surface area contributed by atoms with Gasteiger partial charge >= 0.3 is 0 Å². The summed E-state index contributed by atoms with van der Waals surface area (Å²) in [6.45, 7) is 1.73. The van der Waals surface area contributed by atoms with Crippen molar-refractivity contribution < 1.29 is 23.6 Å². The van der Waals surface area contributed by atoms with Crippen molar-refractivity contribution in [1.29, 1.82) is 0 Å². The first-order chi connectivity index (χ1) is 12.8. The van der Waals surface area contributed by atoms with Crippen LogP contribution in [0.4, 0.5) is 10.1 Å². The van der Waals surface area contributed by atoms with Gasteiger partial charge in [-0.05, 0) is 31.0 Å². The minimum absolute atomic E-state index is 0.0186. The Morgan fingerprint density at radius 3 is 2.74 bits per heavy atom. The summed E-state index contributed by atoms with van der Waals surface area (Å²) in [6, 6.07) is 3.93. The smallest absolute Gasteiger partial charge is 0.261 e. The van der Waals surface area contributed by atoms with Crippen LogP contribution >= 0.6 is 0 Å². The number of anilines is 1. The minimum atomic E-state index is -1.68. The highest BCUT2D eigenvalue weighted by Crippen LogP contribution is 2.31. The van der Waals surface area contributed by atoms with E-state index >= 15 is 0 Å². The highest BCUT2D eigenvalue weighted by molar-refractivity contribution is 6.07. The molecular weight excluding hydrogens is 353 g/mol. The zero-order valence-corrected chi connectivity index (χ0v) is 14.7. The van der Waals surface area contributed by atoms with Crippen molar-refractivity contribution in [2.75, 3.05) is 18.0 Å². The van der Waals surface area contributed by atoms with Crippen LogP contribution in [0, 0.1) is 19.3 Å². The summed E-state index contributed by atoms with van der Waals surface area (Å²) in [4.78, 5) is 50.2. The summed E-state index contributed by atoms with van der Waals surface area (Å²) in [6.07, 6.45) is 5.58. The summed E-state index contributed by atoms with van der Waals surface area (Å²) in [5, 5.41) is 2.13. The molecule has 140 valence electrons. The number of rotatable bonds is 4. The second-order valence-electron chi connectivity index (χ2n) is 6.75. The number of amides is 4. The number of aryl methyl sites for hydroxylation is 1. The summed E-state index contributed by atoms with van der Waals surface area (Å²) in [5.41, 5.74) is -0.258. The van der Waals surface area contributed by atoms with Crippen molar-refractivity contribution in [1.82, 2.24) is 10.2 Å². The number of nitrogens with one attached hydrogen (secondary N) is 1. The maximum atomic E-state index is 13.9. The number of benzene rings is 1. The number of imide groups is 2. The van der Waals surface area contributed by atoms with Gasteiger partial charge in [0.15, 0.2) is 0 Å². The van der Waals surface area contributed by atoms with Gasteiger partial charge in [0.25, 0.3) is 5.91 Å². The molecule has 2 aliphatic rings. The van der Waals surface area contributed by atoms with Crippen LogP contribution < -0.4 is 10.2 Å². The van der Waals surface area contributed by atoms with Crippen LogP contribution in [0.2, 0.25) is 0 Å². The Balaban J connectivity index is 1.84. The first kappa shape index (κ1) is 18.6. The van der Waals surface area contributed by atoms with E-state index in [1.807, 2.05) is 0 Å². The van der Waals surface area contributed by atoms with Crippen LogP contribution in [0.5, 0.6) is 0 Å². The number of hydrogen-bond donors (Lipinski definition) is 1. The molecule has 1 aromatic rings. The molecule has 1 atom stereocenters. The van der Waals surface area contributed by atoms with Crippen molar-refractivity contribution in [3.05, 3.63) is 29.3 Å². The van der Waals surface area contributed by atoms with Gasteiger partial charge in [-0.1, -0.05) is 12.0 Å². The maximum absolute atomic E-state index is 13.9. The molecule has 0 aromatic heterocycles. The molecule has 3 rings (SSSR count). The molecule has 2 aliphatic heterocycles. The third-order valence-electron chi connectivity index (χ3n) is 4.85. The van der Waals surface area contributed by atoms with Crippen LogP contribution in [0.15, 0.2) is 18.2 Å². The normalized spacial score (nSPS) is 20.9. The first-order valence-electron chi connectivity index (χ1n) is 8.42. The molecule has 1 unspecified atom stereocenters. The van der Waals surface area contributed by atoms with E-state index in [9.17, 15) is 23.6 Å². The number of carbonyl (C=O) groups is 4. The first-order valence-corrected chi connectivity index (χ1v) is 8.42. The van der Waals surface area contributed by atoms with Gasteiger partial charge < -0.3 is 4.90 Å². The average Bonchev–Trinajstić information content (AvgIpc) is 2.61. The fourth-order valence-corrected chi connectivity index (χ4v) is 3.22. The lowest BCUT2D eigenvalue weighted by Crippen LogP contribution is -2.58. The van der Waals surface area contributed by atoms with Crippen LogP contribution in [0.3, 0.4) is 0 Å². The fraction of sp³-hybridized carbons (Fsp3) is 0.368. The molecule has 4 amide bonds. The number of piperidine rings is 1. The highest BCUT2D eigenvalue weighted by atomic mass is 19.1. The molecular formula is C19H18FN3O4. The van der Waals surface area contributed by atoms with Gasteiger partial charge in [0.05, 0.1) is 13.1 Å². The molecule has 1 aromatic carbocycles. The van der Waals surface area contributed by atoms with Gasteiger partial charge in [-0.25, -0.2) is 4.39 Å². The number of terminal acetylenes is 1. The number of halogens is 1. The van der Waals surface area contributed by atoms with Crippen LogP contribution in [-0.2, 0) is 14.4 Å². The minimum Gasteiger partial charge on any atom is -0.363 e. The molecule has 0 saturated carbocycles. The molecule has 0 bridgehead atoms. The second-order valence-corrected chi connectivity index (χ2v) is 6.75. The Morgan fingerprint density at radius 2 is 2.15 bits per heavy atom. The molecule has 2 heterocycles. The SMILES string of the molecule is C#CC1(F)CN(c2ccc(C)c(C(=O)N(C=O)C3CCC(=O)NC3=O)c2)C1. The number of hydrogen-bond acceptors (Lipinski definition) is 5. The standard InChI is InChI=1S/C19H18FN3O4/c1-3-19(20)9-22(10-19)13-5-4-12(2)14(8-13)18(27)23(11-24)15-6-7-16(25)21-17(15)26/h1,4-5,8,11,15H,6-7,9-10H2,2H3,(H,21,25,26). The van der Waals surface area contributed by atoms with E-state index in [0.717, 1.165) is 4.90 Å². The summed E-state index contributed by atoms with van der Waals surface area (Å²) < 4.78 is 13.9. The molecule has 8 heteroatoms. The van der Waals surface area contributed by atoms with Gasteiger partial charge in [0.2, 0.25) is 23.9 Å². The van der Waals surface area contributed by atoms with Crippen LogP contribution in [0.25, 0.3) is 0 Å². The lowest BCUT2D eigenvalue weighted by molar-refractivity contribution is -0.139. The van der Waals surface area contributed by atoms with Crippen LogP contribution in [0.1, 0.15) is 28.8 Å². The van der Waals surface area contributed by atoms with Gasteiger partial charge in [-0.15, -0.1) is 6.42 Å². The lowest BCUT2D eigenvalue weighted by Gasteiger charge is -2.43. The van der Waals surface area contributed by atoms with E-state index in [1.54, 1.807) is 30.0 Å². The van der Waals surface area contributed by atoms with Crippen molar-refractivity contribution in [2.24, 2.45) is 0 Å². The van der Waals surface area contributed by atoms with Crippen molar-refractivity contribution in [3.63, 3.8) is 0 Å². The van der Waals surface area contributed by atoms with Crippen LogP contribution in [-0.4, -0.2) is 53.8 Å². The quantitative estimate of drug-likeness (QED) is 0.475. The second kappa shape index (κ2) is 6.83. The Labute approximate surface area is 155 Å². The zero-order chi connectivity index (χ0) is 19.8. The number of alkyl halides is 1. The number of nitrogens with zero attached hydrogens (tertiary/aromatic N) is 2. The zero-order valence-electron chi connectivity index (χ0n) is 14.7. The summed E-state index contributed by atoms with van der Waals surface area (Å²) in [5.74, 6) is 0.336. The third-order valence-corrected chi connectivity index (χ3v) is 4.85. The molecule has 2 fully saturated rings. The van der Waals surface area contributed by atoms with Gasteiger partial charge in [-0.3, -0.25) is 29.4 Å². The Kier molecular flexibility index (Phi) is 4.70. The molecule has 0 spiro atoms. The molecule has 1 N–H and O–H groups in total. The summed E-state index contributed by atoms with van der Waals surface area (Å²) >= 11 is 0. The summed E-state index contributed by atoms with van der Waals surface area (Å²) in [7, 11) is 0. The van der Waals surface area contributed by atoms with Crippen molar-refractivity contribution >= 4 is 29.8 Å². The predicted octanol–water partition coefficient (Wildman–Crippen LogP) is 0.560. The van der Waals surface area contributed by atoms with Gasteiger partial charge in [0, 0.05) is 17.7 Å². The van der Waals surface area contributed by atoms with E-state index in [2.05, 4.69) is 11.2 Å². The molecule has 2 saturated heterocycles. The van der Waals surface area contributed by atoms with E-state index in [1.165, 1.54) is 0 Å². The van der Waals surface area contributed by atoms with Gasteiger partial charge in [-0.2, -0.15) is 0 Å². The van der Waals surface area contributed by atoms with Gasteiger partial charge in [0.1, 0.15) is 6.04 Å². The molecule has 7 nitrogen and oxygen atoms in total. The fourth-order valence-electron chi connectivity index (χ4n) is 3.22. The topological polar surface area (TPSA) is 86.8 Å². The molecule has 0 radical (unpaired) electrons. The number of carbonyl (C=O) groups excluding carboxylic acids is 4. The Morgan fingerprint density at radius 1 is 1.44 bits per heavy atom. The maximum Gasteiger partial charge on any atom is 0.261 e. The van der Waals surface area contributed by atoms with E-state index < -0.39 is 29.4 Å². The highest BCUT2D eigenvalue weighted by Gasteiger charge is 2.42. The Hall–Kier alpha value is -3.21. The van der Waals surface area contributed by atoms with E-state index in [0.29, 0.717) is 17.7 Å². The largest absolute Gasteiger partial charge is 0.363 e. The third kappa shape index (κ3) is 3.40.